The number of amides is 2. The largest absolute Gasteiger partial charge is 0.507 e. The molecule has 2 aliphatic heterocycles. The number of piperidine rings is 1. The fourth-order valence-electron chi connectivity index (χ4n) is 4.34. The van der Waals surface area contributed by atoms with Gasteiger partial charge in [-0.05, 0) is 49.1 Å². The average Bonchev–Trinajstić information content (AvgIpc) is 2.72. The third kappa shape index (κ3) is 4.54. The van der Waals surface area contributed by atoms with E-state index in [4.69, 9.17) is 11.6 Å². The van der Waals surface area contributed by atoms with E-state index in [9.17, 15) is 14.7 Å². The summed E-state index contributed by atoms with van der Waals surface area (Å²) in [7, 11) is 0. The van der Waals surface area contributed by atoms with E-state index in [1.807, 2.05) is 12.1 Å². The quantitative estimate of drug-likeness (QED) is 0.680. The van der Waals surface area contributed by atoms with Gasteiger partial charge in [0.05, 0.1) is 12.1 Å². The molecule has 2 heterocycles. The van der Waals surface area contributed by atoms with Crippen LogP contribution in [0, 0.1) is 0 Å². The number of carbonyl (C=O) groups is 2. The Morgan fingerprint density at radius 3 is 2.41 bits per heavy atom. The number of phenols is 1. The van der Waals surface area contributed by atoms with Crippen LogP contribution >= 0.6 is 11.6 Å². The number of phenolic OH excluding ortho intramolecular Hbond substituents is 1. The lowest BCUT2D eigenvalue weighted by Gasteiger charge is -2.55. The summed E-state index contributed by atoms with van der Waals surface area (Å²) in [5, 5.41) is 16.1. The van der Waals surface area contributed by atoms with Gasteiger partial charge >= 0.3 is 0 Å². The molecule has 7 heteroatoms. The molecule has 3 atom stereocenters. The maximum atomic E-state index is 12.2. The van der Waals surface area contributed by atoms with Crippen molar-refractivity contribution in [2.45, 2.75) is 43.9 Å². The molecule has 1 unspecified atom stereocenters. The van der Waals surface area contributed by atoms with E-state index in [-0.39, 0.29) is 29.8 Å². The molecule has 29 heavy (non-hydrogen) atoms. The summed E-state index contributed by atoms with van der Waals surface area (Å²) in [5.41, 5.74) is 1.41. The molecule has 2 bridgehead atoms. The smallest absolute Gasteiger partial charge is 0.255 e. The minimum atomic E-state index is -0.459. The number of benzene rings is 2. The Balaban J connectivity index is 1.22. The second-order valence-corrected chi connectivity index (χ2v) is 8.21. The molecule has 2 amide bonds. The summed E-state index contributed by atoms with van der Waals surface area (Å²) < 4.78 is 0. The number of hydrogen-bond acceptors (Lipinski definition) is 4. The van der Waals surface area contributed by atoms with E-state index in [0.717, 1.165) is 24.4 Å². The molecule has 6 nitrogen and oxygen atoms in total. The van der Waals surface area contributed by atoms with Crippen molar-refractivity contribution >= 4 is 23.4 Å². The lowest BCUT2D eigenvalue weighted by molar-refractivity contribution is -0.123. The molecule has 3 N–H and O–H groups in total. The van der Waals surface area contributed by atoms with Gasteiger partial charge in [0.1, 0.15) is 5.75 Å². The number of nitrogens with zero attached hydrogens (tertiary/aromatic N) is 1. The standard InChI is InChI=1S/C22H24ClN3O3/c23-15-7-5-14(6-8-15)13-26-17-9-16(10-18(26)11-17)25-21(28)12-24-22(29)19-3-1-2-4-20(19)27/h1-8,16-18,27H,9-13H2,(H,24,29)(H,25,28)/t16?,17-,18+. The van der Waals surface area contributed by atoms with Crippen molar-refractivity contribution in [3.05, 3.63) is 64.7 Å². The molecule has 152 valence electrons. The molecular formula is C22H24ClN3O3. The lowest BCUT2D eigenvalue weighted by atomic mass is 9.76. The first-order valence-electron chi connectivity index (χ1n) is 9.85. The van der Waals surface area contributed by atoms with Crippen molar-refractivity contribution in [3.8, 4) is 5.75 Å². The van der Waals surface area contributed by atoms with Gasteiger partial charge in [0.2, 0.25) is 5.91 Å². The minimum Gasteiger partial charge on any atom is -0.507 e. The van der Waals surface area contributed by atoms with Gasteiger partial charge in [0.25, 0.3) is 5.91 Å². The summed E-state index contributed by atoms with van der Waals surface area (Å²) in [6, 6.07) is 15.3. The van der Waals surface area contributed by atoms with E-state index < -0.39 is 5.91 Å². The summed E-state index contributed by atoms with van der Waals surface area (Å²) >= 11 is 5.95. The SMILES string of the molecule is O=C(CNC(=O)c1ccccc1O)NC1C[C@@H]2C[C@H](C1)N2Cc1ccc(Cl)cc1. The van der Waals surface area contributed by atoms with Crippen LogP contribution in [0.15, 0.2) is 48.5 Å². The van der Waals surface area contributed by atoms with Crippen molar-refractivity contribution in [1.29, 1.82) is 0 Å². The molecule has 1 aliphatic carbocycles. The van der Waals surface area contributed by atoms with E-state index in [0.29, 0.717) is 12.1 Å². The van der Waals surface area contributed by atoms with Gasteiger partial charge in [-0.1, -0.05) is 35.9 Å². The highest BCUT2D eigenvalue weighted by atomic mass is 35.5. The topological polar surface area (TPSA) is 81.7 Å². The average molecular weight is 414 g/mol. The molecule has 2 saturated heterocycles. The fraction of sp³-hybridized carbons (Fsp3) is 0.364. The van der Waals surface area contributed by atoms with Crippen LogP contribution < -0.4 is 10.6 Å². The number of halogens is 1. The monoisotopic (exact) mass is 413 g/mol. The van der Waals surface area contributed by atoms with Crippen LogP contribution in [-0.4, -0.2) is 46.5 Å². The molecule has 0 aromatic heterocycles. The van der Waals surface area contributed by atoms with Crippen LogP contribution in [0.3, 0.4) is 0 Å². The van der Waals surface area contributed by atoms with Crippen LogP contribution in [-0.2, 0) is 11.3 Å². The van der Waals surface area contributed by atoms with Gasteiger partial charge in [0, 0.05) is 29.7 Å². The normalized spacial score (nSPS) is 23.1. The van der Waals surface area contributed by atoms with Crippen LogP contribution in [0.5, 0.6) is 5.75 Å². The summed E-state index contributed by atoms with van der Waals surface area (Å²) in [4.78, 5) is 26.8. The molecule has 0 radical (unpaired) electrons. The first kappa shape index (κ1) is 19.7. The first-order chi connectivity index (χ1) is 14.0. The van der Waals surface area contributed by atoms with Crippen LogP contribution in [0.1, 0.15) is 35.2 Å². The zero-order chi connectivity index (χ0) is 20.4. The molecule has 0 spiro atoms. The molecule has 3 aliphatic rings. The van der Waals surface area contributed by atoms with E-state index in [1.165, 1.54) is 24.1 Å². The van der Waals surface area contributed by atoms with Gasteiger partial charge in [-0.3, -0.25) is 14.5 Å². The van der Waals surface area contributed by atoms with E-state index in [1.54, 1.807) is 12.1 Å². The zero-order valence-corrected chi connectivity index (χ0v) is 16.7. The first-order valence-corrected chi connectivity index (χ1v) is 10.2. The molecule has 3 fully saturated rings. The van der Waals surface area contributed by atoms with Gasteiger partial charge in [0.15, 0.2) is 0 Å². The predicted octanol–water partition coefficient (Wildman–Crippen LogP) is 2.70. The molecule has 1 saturated carbocycles. The van der Waals surface area contributed by atoms with Crippen LogP contribution in [0.25, 0.3) is 0 Å². The second kappa shape index (κ2) is 8.43. The van der Waals surface area contributed by atoms with Gasteiger partial charge in [-0.25, -0.2) is 0 Å². The molecular weight excluding hydrogens is 390 g/mol. The van der Waals surface area contributed by atoms with Crippen molar-refractivity contribution in [2.75, 3.05) is 6.54 Å². The Kier molecular flexibility index (Phi) is 5.74. The molecule has 2 aromatic carbocycles. The van der Waals surface area contributed by atoms with Crippen molar-refractivity contribution in [3.63, 3.8) is 0 Å². The Bertz CT molecular complexity index is 890. The summed E-state index contributed by atoms with van der Waals surface area (Å²) in [5.74, 6) is -0.762. The van der Waals surface area contributed by atoms with E-state index in [2.05, 4.69) is 27.7 Å². The van der Waals surface area contributed by atoms with Crippen molar-refractivity contribution in [2.24, 2.45) is 0 Å². The van der Waals surface area contributed by atoms with Gasteiger partial charge < -0.3 is 15.7 Å². The number of fused-ring (bicyclic) bond motifs is 2. The number of rotatable bonds is 6. The third-order valence-corrected chi connectivity index (χ3v) is 6.05. The Hall–Kier alpha value is -2.57. The number of hydrogen-bond donors (Lipinski definition) is 3. The number of para-hydroxylation sites is 1. The van der Waals surface area contributed by atoms with Crippen molar-refractivity contribution < 1.29 is 14.7 Å². The van der Waals surface area contributed by atoms with Crippen LogP contribution in [0.4, 0.5) is 0 Å². The zero-order valence-electron chi connectivity index (χ0n) is 16.0. The highest BCUT2D eigenvalue weighted by Gasteiger charge is 2.45. The van der Waals surface area contributed by atoms with Crippen LogP contribution in [0.2, 0.25) is 5.02 Å². The Morgan fingerprint density at radius 1 is 1.03 bits per heavy atom. The Labute approximate surface area is 174 Å². The third-order valence-electron chi connectivity index (χ3n) is 5.80. The summed E-state index contributed by atoms with van der Waals surface area (Å²) in [6.45, 7) is 0.803. The highest BCUT2D eigenvalue weighted by Crippen LogP contribution is 2.39. The maximum Gasteiger partial charge on any atom is 0.255 e. The number of carbonyl (C=O) groups excluding carboxylic acids is 2. The summed E-state index contributed by atoms with van der Waals surface area (Å²) in [6.07, 6.45) is 3.01. The number of nitrogens with one attached hydrogen (secondary N) is 2. The predicted molar refractivity (Wildman–Crippen MR) is 111 cm³/mol. The molecule has 2 aromatic rings. The van der Waals surface area contributed by atoms with Crippen molar-refractivity contribution in [1.82, 2.24) is 15.5 Å². The molecule has 5 rings (SSSR count). The lowest BCUT2D eigenvalue weighted by Crippen LogP contribution is -2.64. The highest BCUT2D eigenvalue weighted by molar-refractivity contribution is 6.30. The van der Waals surface area contributed by atoms with Gasteiger partial charge in [-0.15, -0.1) is 0 Å². The minimum absolute atomic E-state index is 0.0986. The van der Waals surface area contributed by atoms with E-state index >= 15 is 0 Å². The number of aromatic hydroxyl groups is 1. The Morgan fingerprint density at radius 2 is 1.72 bits per heavy atom. The second-order valence-electron chi connectivity index (χ2n) is 7.78. The fourth-order valence-corrected chi connectivity index (χ4v) is 4.46. The maximum absolute atomic E-state index is 12.2. The van der Waals surface area contributed by atoms with Gasteiger partial charge in [-0.2, -0.15) is 0 Å².